The third-order valence-corrected chi connectivity index (χ3v) is 3.55. The Morgan fingerprint density at radius 1 is 1.26 bits per heavy atom. The zero-order valence-electron chi connectivity index (χ0n) is 12.6. The molecule has 1 fully saturated rings. The lowest BCUT2D eigenvalue weighted by atomic mass is 10.0. The van der Waals surface area contributed by atoms with Crippen molar-refractivity contribution in [2.24, 2.45) is 5.92 Å². The molecule has 1 aliphatic heterocycles. The van der Waals surface area contributed by atoms with Crippen molar-refractivity contribution in [1.29, 1.82) is 0 Å². The van der Waals surface area contributed by atoms with E-state index in [-0.39, 0.29) is 17.9 Å². The first-order valence-corrected chi connectivity index (χ1v) is 7.60. The van der Waals surface area contributed by atoms with E-state index in [4.69, 9.17) is 0 Å². The highest BCUT2D eigenvalue weighted by Crippen LogP contribution is 2.13. The van der Waals surface area contributed by atoms with E-state index in [1.165, 1.54) is 0 Å². The summed E-state index contributed by atoms with van der Waals surface area (Å²) in [5.41, 5.74) is 0. The Bertz CT molecular complexity index is 295. The lowest BCUT2D eigenvalue weighted by Crippen LogP contribution is -2.46. The highest BCUT2D eigenvalue weighted by molar-refractivity contribution is 5.77. The number of hydrogen-bond acceptors (Lipinski definition) is 2. The summed E-state index contributed by atoms with van der Waals surface area (Å²) in [6, 6.07) is 0.251. The molecule has 0 atom stereocenters. The van der Waals surface area contributed by atoms with Gasteiger partial charge in [-0.1, -0.05) is 27.2 Å². The third kappa shape index (κ3) is 6.08. The first-order chi connectivity index (χ1) is 9.02. The van der Waals surface area contributed by atoms with Gasteiger partial charge in [-0.2, -0.15) is 0 Å². The van der Waals surface area contributed by atoms with E-state index in [1.807, 2.05) is 4.90 Å². The first-order valence-electron chi connectivity index (χ1n) is 7.60. The minimum atomic E-state index is 0.144. The van der Waals surface area contributed by atoms with E-state index in [0.29, 0.717) is 18.8 Å². The molecule has 1 saturated heterocycles. The highest BCUT2D eigenvalue weighted by atomic mass is 16.2. The van der Waals surface area contributed by atoms with Gasteiger partial charge in [-0.05, 0) is 25.2 Å². The molecule has 1 heterocycles. The molecule has 110 valence electrons. The second-order valence-electron chi connectivity index (χ2n) is 5.92. The number of amides is 2. The van der Waals surface area contributed by atoms with Crippen LogP contribution in [0, 0.1) is 5.92 Å². The summed E-state index contributed by atoms with van der Waals surface area (Å²) < 4.78 is 0. The van der Waals surface area contributed by atoms with Crippen LogP contribution in [-0.4, -0.2) is 35.8 Å². The Morgan fingerprint density at radius 3 is 2.42 bits per heavy atom. The summed E-state index contributed by atoms with van der Waals surface area (Å²) in [5, 5.41) is 3.08. The van der Waals surface area contributed by atoms with Crippen LogP contribution in [-0.2, 0) is 9.59 Å². The number of hydrogen-bond donors (Lipinski definition) is 1. The molecule has 2 amide bonds. The summed E-state index contributed by atoms with van der Waals surface area (Å²) >= 11 is 0. The molecule has 4 nitrogen and oxygen atoms in total. The minimum Gasteiger partial charge on any atom is -0.353 e. The van der Waals surface area contributed by atoms with Crippen LogP contribution in [0.3, 0.4) is 0 Å². The zero-order valence-corrected chi connectivity index (χ0v) is 12.6. The molecular weight excluding hydrogens is 240 g/mol. The maximum absolute atomic E-state index is 11.9. The maximum Gasteiger partial charge on any atom is 0.222 e. The molecule has 19 heavy (non-hydrogen) atoms. The number of unbranched alkanes of at least 4 members (excludes halogenated alkanes) is 1. The minimum absolute atomic E-state index is 0.144. The average Bonchev–Trinajstić information content (AvgIpc) is 2.35. The van der Waals surface area contributed by atoms with Gasteiger partial charge < -0.3 is 10.2 Å². The average molecular weight is 268 g/mol. The second kappa shape index (κ2) is 8.18. The number of carbonyl (C=O) groups is 2. The maximum atomic E-state index is 11.9. The van der Waals surface area contributed by atoms with Crippen molar-refractivity contribution >= 4 is 11.8 Å². The first kappa shape index (κ1) is 16.0. The largest absolute Gasteiger partial charge is 0.353 e. The second-order valence-corrected chi connectivity index (χ2v) is 5.92. The molecule has 0 radical (unpaired) electrons. The van der Waals surface area contributed by atoms with Crippen LogP contribution in [0.5, 0.6) is 0 Å². The fourth-order valence-corrected chi connectivity index (χ4v) is 2.42. The lowest BCUT2D eigenvalue weighted by Gasteiger charge is -2.32. The smallest absolute Gasteiger partial charge is 0.222 e. The van der Waals surface area contributed by atoms with Crippen LogP contribution >= 0.6 is 0 Å². The van der Waals surface area contributed by atoms with Gasteiger partial charge in [0.1, 0.15) is 0 Å². The van der Waals surface area contributed by atoms with Crippen LogP contribution < -0.4 is 5.32 Å². The standard InChI is InChI=1S/C15H28N2O2/c1-4-5-6-15(19)17-9-7-13(8-10-17)16-14(18)11-12(2)3/h12-13H,4-11H2,1-3H3,(H,16,18). The van der Waals surface area contributed by atoms with Gasteiger partial charge in [-0.25, -0.2) is 0 Å². The normalized spacial score (nSPS) is 16.7. The predicted octanol–water partition coefficient (Wildman–Crippen LogP) is 2.33. The molecule has 0 unspecified atom stereocenters. The Labute approximate surface area is 116 Å². The number of likely N-dealkylation sites (tertiary alicyclic amines) is 1. The van der Waals surface area contributed by atoms with E-state index in [2.05, 4.69) is 26.1 Å². The molecule has 1 rings (SSSR count). The van der Waals surface area contributed by atoms with Gasteiger partial charge in [0.2, 0.25) is 11.8 Å². The van der Waals surface area contributed by atoms with Crippen LogP contribution in [0.1, 0.15) is 59.3 Å². The van der Waals surface area contributed by atoms with Crippen LogP contribution in [0.4, 0.5) is 0 Å². The van der Waals surface area contributed by atoms with E-state index >= 15 is 0 Å². The van der Waals surface area contributed by atoms with Crippen LogP contribution in [0.25, 0.3) is 0 Å². The van der Waals surface area contributed by atoms with Crippen molar-refractivity contribution in [3.05, 3.63) is 0 Å². The van der Waals surface area contributed by atoms with Crippen molar-refractivity contribution in [1.82, 2.24) is 10.2 Å². The lowest BCUT2D eigenvalue weighted by molar-refractivity contribution is -0.132. The number of nitrogens with one attached hydrogen (secondary N) is 1. The SMILES string of the molecule is CCCCC(=O)N1CCC(NC(=O)CC(C)C)CC1. The molecule has 0 spiro atoms. The monoisotopic (exact) mass is 268 g/mol. The van der Waals surface area contributed by atoms with E-state index in [1.54, 1.807) is 0 Å². The van der Waals surface area contributed by atoms with Crippen LogP contribution in [0.2, 0.25) is 0 Å². The summed E-state index contributed by atoms with van der Waals surface area (Å²) in [4.78, 5) is 25.5. The Hall–Kier alpha value is -1.06. The molecule has 0 aromatic carbocycles. The van der Waals surface area contributed by atoms with Gasteiger partial charge in [-0.15, -0.1) is 0 Å². The topological polar surface area (TPSA) is 49.4 Å². The summed E-state index contributed by atoms with van der Waals surface area (Å²) in [6.45, 7) is 7.78. The van der Waals surface area contributed by atoms with E-state index in [0.717, 1.165) is 38.8 Å². The number of carbonyl (C=O) groups excluding carboxylic acids is 2. The molecular formula is C15H28N2O2. The van der Waals surface area contributed by atoms with Gasteiger partial charge in [0.15, 0.2) is 0 Å². The summed E-state index contributed by atoms with van der Waals surface area (Å²) in [6.07, 6.45) is 5.08. The van der Waals surface area contributed by atoms with Crippen molar-refractivity contribution in [2.45, 2.75) is 65.3 Å². The highest BCUT2D eigenvalue weighted by Gasteiger charge is 2.23. The molecule has 0 aromatic rings. The quantitative estimate of drug-likeness (QED) is 0.804. The fourth-order valence-electron chi connectivity index (χ4n) is 2.42. The summed E-state index contributed by atoms with van der Waals surface area (Å²) in [5.74, 6) is 0.815. The molecule has 1 aliphatic rings. The van der Waals surface area contributed by atoms with Gasteiger partial charge in [0.05, 0.1) is 0 Å². The van der Waals surface area contributed by atoms with Gasteiger partial charge >= 0.3 is 0 Å². The number of piperidine rings is 1. The molecule has 4 heteroatoms. The van der Waals surface area contributed by atoms with Gasteiger partial charge in [0, 0.05) is 32.0 Å². The van der Waals surface area contributed by atoms with Gasteiger partial charge in [-0.3, -0.25) is 9.59 Å². The Balaban J connectivity index is 2.25. The molecule has 0 saturated carbocycles. The zero-order chi connectivity index (χ0) is 14.3. The number of nitrogens with zero attached hydrogens (tertiary/aromatic N) is 1. The third-order valence-electron chi connectivity index (χ3n) is 3.55. The number of rotatable bonds is 6. The van der Waals surface area contributed by atoms with Crippen LogP contribution in [0.15, 0.2) is 0 Å². The van der Waals surface area contributed by atoms with E-state index < -0.39 is 0 Å². The van der Waals surface area contributed by atoms with E-state index in [9.17, 15) is 9.59 Å². The summed E-state index contributed by atoms with van der Waals surface area (Å²) in [7, 11) is 0. The fraction of sp³-hybridized carbons (Fsp3) is 0.867. The Morgan fingerprint density at radius 2 is 1.89 bits per heavy atom. The van der Waals surface area contributed by atoms with Crippen molar-refractivity contribution in [2.75, 3.05) is 13.1 Å². The molecule has 0 aromatic heterocycles. The van der Waals surface area contributed by atoms with Crippen molar-refractivity contribution in [3.63, 3.8) is 0 Å². The van der Waals surface area contributed by atoms with Crippen molar-refractivity contribution < 1.29 is 9.59 Å². The predicted molar refractivity (Wildman–Crippen MR) is 76.7 cm³/mol. The van der Waals surface area contributed by atoms with Gasteiger partial charge in [0.25, 0.3) is 0 Å². The molecule has 1 N–H and O–H groups in total. The van der Waals surface area contributed by atoms with Crippen molar-refractivity contribution in [3.8, 4) is 0 Å². The molecule has 0 aliphatic carbocycles. The Kier molecular flexibility index (Phi) is 6.89. The molecule has 0 bridgehead atoms.